The Hall–Kier alpha value is -2.01. The van der Waals surface area contributed by atoms with Crippen LogP contribution in [-0.2, 0) is 0 Å². The Morgan fingerprint density at radius 2 is 1.94 bits per heavy atom. The van der Waals surface area contributed by atoms with E-state index in [0.29, 0.717) is 0 Å². The highest BCUT2D eigenvalue weighted by atomic mass is 15.1. The average molecular weight is 238 g/mol. The van der Waals surface area contributed by atoms with Gasteiger partial charge in [0.2, 0.25) is 0 Å². The summed E-state index contributed by atoms with van der Waals surface area (Å²) in [7, 11) is 3.98. The topological polar surface area (TPSA) is 27.0 Å². The van der Waals surface area contributed by atoms with Gasteiger partial charge in [-0.2, -0.15) is 5.26 Å². The van der Waals surface area contributed by atoms with Crippen molar-refractivity contribution in [1.29, 1.82) is 5.26 Å². The Balaban J connectivity index is 2.48. The van der Waals surface area contributed by atoms with Crippen LogP contribution in [-0.4, -0.2) is 14.1 Å². The van der Waals surface area contributed by atoms with Crippen LogP contribution in [0.2, 0.25) is 0 Å². The first-order valence-corrected chi connectivity index (χ1v) is 6.11. The van der Waals surface area contributed by atoms with Crippen LogP contribution in [0.4, 0.5) is 5.69 Å². The molecule has 0 radical (unpaired) electrons. The van der Waals surface area contributed by atoms with E-state index < -0.39 is 0 Å². The quantitative estimate of drug-likeness (QED) is 0.784. The van der Waals surface area contributed by atoms with Gasteiger partial charge in [-0.25, -0.2) is 0 Å². The van der Waals surface area contributed by atoms with E-state index in [1.165, 1.54) is 16.7 Å². The number of hydrogen-bond acceptors (Lipinski definition) is 2. The maximum absolute atomic E-state index is 9.33. The van der Waals surface area contributed by atoms with Crippen molar-refractivity contribution in [2.45, 2.75) is 20.3 Å². The number of allylic oxidation sites excluding steroid dienone is 4. The zero-order chi connectivity index (χ0) is 13.3. The van der Waals surface area contributed by atoms with Gasteiger partial charge >= 0.3 is 0 Å². The van der Waals surface area contributed by atoms with Crippen molar-refractivity contribution in [3.63, 3.8) is 0 Å². The van der Waals surface area contributed by atoms with Crippen molar-refractivity contribution in [2.24, 2.45) is 0 Å². The van der Waals surface area contributed by atoms with Crippen LogP contribution in [0.5, 0.6) is 0 Å². The van der Waals surface area contributed by atoms with E-state index in [1.54, 1.807) is 0 Å². The van der Waals surface area contributed by atoms with Gasteiger partial charge in [-0.1, -0.05) is 17.7 Å². The Morgan fingerprint density at radius 3 is 2.44 bits per heavy atom. The molecule has 1 aliphatic carbocycles. The number of anilines is 1. The molecule has 0 saturated carbocycles. The summed E-state index contributed by atoms with van der Waals surface area (Å²) in [6.07, 6.45) is 3.16. The zero-order valence-electron chi connectivity index (χ0n) is 11.4. The van der Waals surface area contributed by atoms with Gasteiger partial charge in [0, 0.05) is 19.8 Å². The SMILES string of the molecule is CC1=CC(C)=C(c2ccc(N(C)C)cc2C#N)C1. The second-order valence-electron chi connectivity index (χ2n) is 5.07. The smallest absolute Gasteiger partial charge is 0.0998 e. The third-order valence-corrected chi connectivity index (χ3v) is 3.36. The van der Waals surface area contributed by atoms with Gasteiger partial charge in [-0.3, -0.25) is 0 Å². The molecule has 1 aromatic rings. The summed E-state index contributed by atoms with van der Waals surface area (Å²) in [5, 5.41) is 9.33. The second-order valence-corrected chi connectivity index (χ2v) is 5.07. The van der Waals surface area contributed by atoms with E-state index in [0.717, 1.165) is 23.2 Å². The lowest BCUT2D eigenvalue weighted by Crippen LogP contribution is -2.09. The Bertz CT molecular complexity index is 584. The number of nitriles is 1. The summed E-state index contributed by atoms with van der Waals surface area (Å²) >= 11 is 0. The molecule has 2 heteroatoms. The van der Waals surface area contributed by atoms with Crippen molar-refractivity contribution in [3.8, 4) is 6.07 Å². The monoisotopic (exact) mass is 238 g/mol. The van der Waals surface area contributed by atoms with Gasteiger partial charge in [0.1, 0.15) is 0 Å². The van der Waals surface area contributed by atoms with Gasteiger partial charge in [-0.05, 0) is 49.1 Å². The fourth-order valence-corrected chi connectivity index (χ4v) is 2.40. The number of benzene rings is 1. The fourth-order valence-electron chi connectivity index (χ4n) is 2.40. The Kier molecular flexibility index (Phi) is 3.25. The fraction of sp³-hybridized carbons (Fsp3) is 0.312. The maximum Gasteiger partial charge on any atom is 0.0998 e. The molecule has 0 atom stereocenters. The van der Waals surface area contributed by atoms with Gasteiger partial charge in [0.15, 0.2) is 0 Å². The summed E-state index contributed by atoms with van der Waals surface area (Å²) in [6, 6.07) is 8.42. The van der Waals surface area contributed by atoms with E-state index in [4.69, 9.17) is 0 Å². The molecule has 0 aromatic heterocycles. The van der Waals surface area contributed by atoms with Crippen LogP contribution in [0.25, 0.3) is 5.57 Å². The summed E-state index contributed by atoms with van der Waals surface area (Å²) in [5.74, 6) is 0. The third kappa shape index (κ3) is 2.17. The van der Waals surface area contributed by atoms with Crippen LogP contribution in [0, 0.1) is 11.3 Å². The molecule has 1 aromatic carbocycles. The van der Waals surface area contributed by atoms with Crippen LogP contribution in [0.1, 0.15) is 31.4 Å². The standard InChI is InChI=1S/C16H18N2/c1-11-7-12(2)16(8-11)15-6-5-14(18(3)4)9-13(15)10-17/h5-7,9H,8H2,1-4H3. The molecular formula is C16H18N2. The Labute approximate surface area is 109 Å². The Morgan fingerprint density at radius 1 is 1.22 bits per heavy atom. The van der Waals surface area contributed by atoms with Gasteiger partial charge in [0.25, 0.3) is 0 Å². The molecule has 2 rings (SSSR count). The predicted octanol–water partition coefficient (Wildman–Crippen LogP) is 3.75. The van der Waals surface area contributed by atoms with E-state index in [-0.39, 0.29) is 0 Å². The average Bonchev–Trinajstić information content (AvgIpc) is 2.67. The summed E-state index contributed by atoms with van der Waals surface area (Å²) in [6.45, 7) is 4.25. The number of nitrogens with zero attached hydrogens (tertiary/aromatic N) is 2. The van der Waals surface area contributed by atoms with Gasteiger partial charge < -0.3 is 4.90 Å². The number of rotatable bonds is 2. The lowest BCUT2D eigenvalue weighted by molar-refractivity contribution is 1.13. The van der Waals surface area contributed by atoms with E-state index in [9.17, 15) is 5.26 Å². The predicted molar refractivity (Wildman–Crippen MR) is 76.5 cm³/mol. The molecule has 0 spiro atoms. The maximum atomic E-state index is 9.33. The van der Waals surface area contributed by atoms with Gasteiger partial charge in [-0.15, -0.1) is 0 Å². The minimum absolute atomic E-state index is 0.763. The molecule has 0 heterocycles. The molecule has 0 N–H and O–H groups in total. The largest absolute Gasteiger partial charge is 0.378 e. The summed E-state index contributed by atoms with van der Waals surface area (Å²) < 4.78 is 0. The van der Waals surface area contributed by atoms with Crippen molar-refractivity contribution in [1.82, 2.24) is 0 Å². The van der Waals surface area contributed by atoms with Crippen LogP contribution >= 0.6 is 0 Å². The van der Waals surface area contributed by atoms with Crippen molar-refractivity contribution in [2.75, 3.05) is 19.0 Å². The van der Waals surface area contributed by atoms with Crippen molar-refractivity contribution in [3.05, 3.63) is 46.5 Å². The molecular weight excluding hydrogens is 220 g/mol. The van der Waals surface area contributed by atoms with Crippen LogP contribution in [0.15, 0.2) is 35.4 Å². The molecule has 92 valence electrons. The minimum Gasteiger partial charge on any atom is -0.378 e. The molecule has 0 fully saturated rings. The highest BCUT2D eigenvalue weighted by molar-refractivity contribution is 5.80. The first-order valence-electron chi connectivity index (χ1n) is 6.11. The molecule has 0 saturated heterocycles. The van der Waals surface area contributed by atoms with E-state index in [2.05, 4.69) is 38.1 Å². The third-order valence-electron chi connectivity index (χ3n) is 3.36. The summed E-state index contributed by atoms with van der Waals surface area (Å²) in [5.41, 5.74) is 6.84. The highest BCUT2D eigenvalue weighted by Gasteiger charge is 2.15. The number of hydrogen-bond donors (Lipinski definition) is 0. The van der Waals surface area contributed by atoms with Crippen molar-refractivity contribution < 1.29 is 0 Å². The van der Waals surface area contributed by atoms with E-state index >= 15 is 0 Å². The zero-order valence-corrected chi connectivity index (χ0v) is 11.4. The molecule has 0 amide bonds. The van der Waals surface area contributed by atoms with Gasteiger partial charge in [0.05, 0.1) is 11.6 Å². The highest BCUT2D eigenvalue weighted by Crippen LogP contribution is 2.35. The normalized spacial score (nSPS) is 14.5. The van der Waals surface area contributed by atoms with Crippen LogP contribution < -0.4 is 4.90 Å². The molecule has 18 heavy (non-hydrogen) atoms. The van der Waals surface area contributed by atoms with E-state index in [1.807, 2.05) is 25.1 Å². The molecule has 2 nitrogen and oxygen atoms in total. The summed E-state index contributed by atoms with van der Waals surface area (Å²) in [4.78, 5) is 2.02. The molecule has 0 unspecified atom stereocenters. The van der Waals surface area contributed by atoms with Crippen LogP contribution in [0.3, 0.4) is 0 Å². The molecule has 1 aliphatic rings. The lowest BCUT2D eigenvalue weighted by Gasteiger charge is -2.15. The van der Waals surface area contributed by atoms with Crippen molar-refractivity contribution >= 4 is 11.3 Å². The second kappa shape index (κ2) is 4.70. The molecule has 0 aliphatic heterocycles. The molecule has 0 bridgehead atoms. The minimum atomic E-state index is 0.763. The first-order chi connectivity index (χ1) is 8.52. The first kappa shape index (κ1) is 12.4. The lowest BCUT2D eigenvalue weighted by atomic mass is 9.96.